The molecule has 0 heterocycles. The normalized spacial score (nSPS) is 12.2. The van der Waals surface area contributed by atoms with E-state index in [4.69, 9.17) is 10.5 Å². The molecule has 106 valence electrons. The van der Waals surface area contributed by atoms with Crippen LogP contribution in [0.2, 0.25) is 0 Å². The van der Waals surface area contributed by atoms with Crippen molar-refractivity contribution < 1.29 is 4.74 Å². The predicted octanol–water partition coefficient (Wildman–Crippen LogP) is 4.76. The van der Waals surface area contributed by atoms with Crippen LogP contribution in [0.4, 0.5) is 0 Å². The van der Waals surface area contributed by atoms with Gasteiger partial charge in [-0.15, -0.1) is 0 Å². The molecular weight excluding hydrogens is 246 g/mol. The van der Waals surface area contributed by atoms with Crippen LogP contribution in [0.1, 0.15) is 42.9 Å². The number of aryl methyl sites for hydroxylation is 1. The Morgan fingerprint density at radius 3 is 2.25 bits per heavy atom. The molecule has 0 saturated carbocycles. The Bertz CT molecular complexity index is 560. The first-order valence-corrected chi connectivity index (χ1v) is 7.21. The second-order valence-corrected chi connectivity index (χ2v) is 5.27. The fourth-order valence-electron chi connectivity index (χ4n) is 2.20. The molecule has 2 nitrogen and oxygen atoms in total. The molecule has 2 heteroatoms. The highest BCUT2D eigenvalue weighted by molar-refractivity contribution is 5.38. The third-order valence-electron chi connectivity index (χ3n) is 3.83. The van der Waals surface area contributed by atoms with Crippen LogP contribution in [0, 0.1) is 6.92 Å². The fourth-order valence-corrected chi connectivity index (χ4v) is 2.20. The standard InChI is InChI=1S/C18H23NO/c1-4-13(2)15-5-8-17(9-6-15)20-18-10-7-16(12-19)14(3)11-18/h5-11,13H,4,12,19H2,1-3H3. The number of nitrogens with two attached hydrogens (primary N) is 1. The molecule has 0 fully saturated rings. The van der Waals surface area contributed by atoms with Crippen LogP contribution in [0.3, 0.4) is 0 Å². The van der Waals surface area contributed by atoms with Crippen LogP contribution in [-0.2, 0) is 6.54 Å². The van der Waals surface area contributed by atoms with E-state index in [0.717, 1.165) is 23.5 Å². The Morgan fingerprint density at radius 2 is 1.70 bits per heavy atom. The van der Waals surface area contributed by atoms with E-state index < -0.39 is 0 Å². The van der Waals surface area contributed by atoms with Gasteiger partial charge >= 0.3 is 0 Å². The Hall–Kier alpha value is -1.80. The third kappa shape index (κ3) is 3.40. The second-order valence-electron chi connectivity index (χ2n) is 5.27. The summed E-state index contributed by atoms with van der Waals surface area (Å²) in [7, 11) is 0. The Morgan fingerprint density at radius 1 is 1.05 bits per heavy atom. The van der Waals surface area contributed by atoms with E-state index in [1.54, 1.807) is 0 Å². The monoisotopic (exact) mass is 269 g/mol. The first kappa shape index (κ1) is 14.6. The van der Waals surface area contributed by atoms with E-state index >= 15 is 0 Å². The smallest absolute Gasteiger partial charge is 0.127 e. The fraction of sp³-hybridized carbons (Fsp3) is 0.333. The van der Waals surface area contributed by atoms with E-state index in [2.05, 4.69) is 32.9 Å². The maximum absolute atomic E-state index is 5.89. The minimum atomic E-state index is 0.565. The SMILES string of the molecule is CCC(C)c1ccc(Oc2ccc(CN)c(C)c2)cc1. The third-order valence-corrected chi connectivity index (χ3v) is 3.83. The van der Waals surface area contributed by atoms with Crippen molar-refractivity contribution in [1.82, 2.24) is 0 Å². The highest BCUT2D eigenvalue weighted by atomic mass is 16.5. The first-order valence-electron chi connectivity index (χ1n) is 7.21. The summed E-state index contributed by atoms with van der Waals surface area (Å²) in [6.07, 6.45) is 1.15. The van der Waals surface area contributed by atoms with Crippen molar-refractivity contribution in [2.75, 3.05) is 0 Å². The Kier molecular flexibility index (Phi) is 4.80. The summed E-state index contributed by atoms with van der Waals surface area (Å²) in [4.78, 5) is 0. The Labute approximate surface area is 121 Å². The quantitative estimate of drug-likeness (QED) is 0.849. The molecule has 2 aromatic carbocycles. The van der Waals surface area contributed by atoms with Gasteiger partial charge in [-0.1, -0.05) is 32.0 Å². The largest absolute Gasteiger partial charge is 0.457 e. The predicted molar refractivity (Wildman–Crippen MR) is 84.3 cm³/mol. The van der Waals surface area contributed by atoms with Crippen LogP contribution in [0.25, 0.3) is 0 Å². The van der Waals surface area contributed by atoms with Crippen LogP contribution >= 0.6 is 0 Å². The van der Waals surface area contributed by atoms with Crippen molar-refractivity contribution in [1.29, 1.82) is 0 Å². The maximum Gasteiger partial charge on any atom is 0.127 e. The van der Waals surface area contributed by atoms with Crippen molar-refractivity contribution >= 4 is 0 Å². The van der Waals surface area contributed by atoms with Gasteiger partial charge in [0.15, 0.2) is 0 Å². The summed E-state index contributed by atoms with van der Waals surface area (Å²) >= 11 is 0. The first-order chi connectivity index (χ1) is 9.63. The lowest BCUT2D eigenvalue weighted by atomic mass is 9.99. The van der Waals surface area contributed by atoms with E-state index in [-0.39, 0.29) is 0 Å². The van der Waals surface area contributed by atoms with Crippen LogP contribution in [-0.4, -0.2) is 0 Å². The van der Waals surface area contributed by atoms with Gasteiger partial charge in [-0.2, -0.15) is 0 Å². The number of benzene rings is 2. The van der Waals surface area contributed by atoms with Crippen molar-refractivity contribution in [3.05, 3.63) is 59.2 Å². The van der Waals surface area contributed by atoms with Crippen LogP contribution in [0.5, 0.6) is 11.5 Å². The lowest BCUT2D eigenvalue weighted by Crippen LogP contribution is -1.99. The molecule has 0 amide bonds. The number of ether oxygens (including phenoxy) is 1. The van der Waals surface area contributed by atoms with E-state index in [0.29, 0.717) is 12.5 Å². The average Bonchev–Trinajstić information content (AvgIpc) is 2.47. The summed E-state index contributed by atoms with van der Waals surface area (Å²) < 4.78 is 5.89. The summed E-state index contributed by atoms with van der Waals surface area (Å²) in [5, 5.41) is 0. The zero-order valence-corrected chi connectivity index (χ0v) is 12.5. The van der Waals surface area contributed by atoms with Gasteiger partial charge in [0.25, 0.3) is 0 Å². The van der Waals surface area contributed by atoms with Crippen LogP contribution < -0.4 is 10.5 Å². The zero-order valence-electron chi connectivity index (χ0n) is 12.5. The van der Waals surface area contributed by atoms with Crippen molar-refractivity contribution in [2.24, 2.45) is 5.73 Å². The molecule has 0 aliphatic carbocycles. The average molecular weight is 269 g/mol. The van der Waals surface area contributed by atoms with E-state index in [9.17, 15) is 0 Å². The second kappa shape index (κ2) is 6.58. The van der Waals surface area contributed by atoms with E-state index in [1.165, 1.54) is 11.1 Å². The summed E-state index contributed by atoms with van der Waals surface area (Å²) in [6.45, 7) is 7.07. The highest BCUT2D eigenvalue weighted by Crippen LogP contribution is 2.26. The molecule has 1 unspecified atom stereocenters. The number of hydrogen-bond donors (Lipinski definition) is 1. The Balaban J connectivity index is 2.12. The lowest BCUT2D eigenvalue weighted by Gasteiger charge is -2.11. The molecular formula is C18H23NO. The molecule has 0 aromatic heterocycles. The number of hydrogen-bond acceptors (Lipinski definition) is 2. The lowest BCUT2D eigenvalue weighted by molar-refractivity contribution is 0.481. The van der Waals surface area contributed by atoms with Gasteiger partial charge in [0.05, 0.1) is 0 Å². The maximum atomic E-state index is 5.89. The van der Waals surface area contributed by atoms with Gasteiger partial charge in [-0.3, -0.25) is 0 Å². The zero-order chi connectivity index (χ0) is 14.5. The van der Waals surface area contributed by atoms with Gasteiger partial charge in [0.2, 0.25) is 0 Å². The highest BCUT2D eigenvalue weighted by Gasteiger charge is 2.04. The molecule has 0 saturated heterocycles. The van der Waals surface area contributed by atoms with Crippen LogP contribution in [0.15, 0.2) is 42.5 Å². The topological polar surface area (TPSA) is 35.2 Å². The van der Waals surface area contributed by atoms with E-state index in [1.807, 2.05) is 30.3 Å². The molecule has 0 spiro atoms. The van der Waals surface area contributed by atoms with Gasteiger partial charge in [-0.05, 0) is 60.2 Å². The molecule has 20 heavy (non-hydrogen) atoms. The minimum Gasteiger partial charge on any atom is -0.457 e. The summed E-state index contributed by atoms with van der Waals surface area (Å²) in [5.74, 6) is 2.32. The number of rotatable bonds is 5. The van der Waals surface area contributed by atoms with Crippen molar-refractivity contribution in [2.45, 2.75) is 39.7 Å². The molecule has 0 aliphatic heterocycles. The van der Waals surface area contributed by atoms with Crippen molar-refractivity contribution in [3.63, 3.8) is 0 Å². The summed E-state index contributed by atoms with van der Waals surface area (Å²) in [6, 6.07) is 14.4. The molecule has 0 aliphatic rings. The summed E-state index contributed by atoms with van der Waals surface area (Å²) in [5.41, 5.74) is 9.35. The molecule has 2 aromatic rings. The molecule has 0 bridgehead atoms. The van der Waals surface area contributed by atoms with Gasteiger partial charge in [0, 0.05) is 6.54 Å². The van der Waals surface area contributed by atoms with Crippen molar-refractivity contribution in [3.8, 4) is 11.5 Å². The van der Waals surface area contributed by atoms with Gasteiger partial charge < -0.3 is 10.5 Å². The van der Waals surface area contributed by atoms with Gasteiger partial charge in [0.1, 0.15) is 11.5 Å². The minimum absolute atomic E-state index is 0.565. The van der Waals surface area contributed by atoms with Gasteiger partial charge in [-0.25, -0.2) is 0 Å². The molecule has 0 radical (unpaired) electrons. The molecule has 1 atom stereocenters. The molecule has 2 rings (SSSR count). The molecule has 2 N–H and O–H groups in total.